The van der Waals surface area contributed by atoms with Crippen molar-refractivity contribution in [2.45, 2.75) is 40.8 Å². The van der Waals surface area contributed by atoms with Crippen LogP contribution in [0.15, 0.2) is 54.3 Å². The Kier molecular flexibility index (Phi) is 17.2. The predicted molar refractivity (Wildman–Crippen MR) is 124 cm³/mol. The lowest BCUT2D eigenvalue weighted by Crippen LogP contribution is -2.30. The van der Waals surface area contributed by atoms with Crippen LogP contribution in [0.4, 0.5) is 5.82 Å². The van der Waals surface area contributed by atoms with Crippen LogP contribution in [0.5, 0.6) is 0 Å². The molecule has 1 aliphatic heterocycles. The van der Waals surface area contributed by atoms with Gasteiger partial charge in [-0.1, -0.05) is 52.0 Å². The summed E-state index contributed by atoms with van der Waals surface area (Å²) in [4.78, 5) is 20.6. The normalized spacial score (nSPS) is 12.1. The number of aliphatic imine (C=N–C) groups is 1. The lowest BCUT2D eigenvalue weighted by molar-refractivity contribution is 0.0937. The number of carbonyl (C=O) groups excluding carboxylic acids is 1. The van der Waals surface area contributed by atoms with Crippen molar-refractivity contribution in [3.05, 3.63) is 60.6 Å². The van der Waals surface area contributed by atoms with E-state index in [9.17, 15) is 4.79 Å². The number of anilines is 1. The Bertz CT molecular complexity index is 718. The van der Waals surface area contributed by atoms with E-state index in [-0.39, 0.29) is 5.91 Å². The first-order valence-electron chi connectivity index (χ1n) is 9.52. The standard InChI is InChI=1S/C13H13N5O.C3H6.2C2H6.CH4N2/c1-18-8-16-10-11(14-7-15-12(10)18)17-13(19)9-5-3-2-4-6-9;1-3-2;2*1-2;2-1-3/h2-8,11H,1H3,(H,14,15)(H,17,19);3H,1H2,2H3;2*1-2H3;1H,(H3,2,3). The first kappa shape index (κ1) is 27.8. The summed E-state index contributed by atoms with van der Waals surface area (Å²) in [6.07, 6.45) is 5.30. The van der Waals surface area contributed by atoms with Gasteiger partial charge < -0.3 is 20.9 Å². The second-order valence-corrected chi connectivity index (χ2v) is 4.83. The van der Waals surface area contributed by atoms with E-state index >= 15 is 0 Å². The van der Waals surface area contributed by atoms with Crippen LogP contribution in [-0.4, -0.2) is 28.1 Å². The summed E-state index contributed by atoms with van der Waals surface area (Å²) >= 11 is 0. The highest BCUT2D eigenvalue weighted by Crippen LogP contribution is 2.24. The molecule has 3 rings (SSSR count). The number of nitrogens with one attached hydrogen (secondary N) is 3. The van der Waals surface area contributed by atoms with Crippen LogP contribution in [0.2, 0.25) is 0 Å². The van der Waals surface area contributed by atoms with Crippen molar-refractivity contribution in [1.29, 1.82) is 5.41 Å². The number of imidazole rings is 1. The maximum Gasteiger partial charge on any atom is 0.253 e. The Morgan fingerprint density at radius 2 is 1.79 bits per heavy atom. The van der Waals surface area contributed by atoms with E-state index < -0.39 is 6.17 Å². The van der Waals surface area contributed by atoms with Crippen LogP contribution in [0.25, 0.3) is 0 Å². The predicted octanol–water partition coefficient (Wildman–Crippen LogP) is 4.10. The van der Waals surface area contributed by atoms with Crippen molar-refractivity contribution in [2.24, 2.45) is 17.8 Å². The van der Waals surface area contributed by atoms with Gasteiger partial charge in [0.2, 0.25) is 0 Å². The third kappa shape index (κ3) is 9.90. The Morgan fingerprint density at radius 1 is 1.28 bits per heavy atom. The molecular weight excluding hydrogens is 366 g/mol. The second-order valence-electron chi connectivity index (χ2n) is 4.83. The molecule has 8 heteroatoms. The molecule has 0 radical (unpaired) electrons. The number of aryl methyl sites for hydroxylation is 1. The van der Waals surface area contributed by atoms with Crippen molar-refractivity contribution < 1.29 is 4.79 Å². The Labute approximate surface area is 174 Å². The molecule has 0 spiro atoms. The summed E-state index contributed by atoms with van der Waals surface area (Å²) in [5.41, 5.74) is 5.71. The van der Waals surface area contributed by atoms with Crippen molar-refractivity contribution in [2.75, 3.05) is 5.32 Å². The van der Waals surface area contributed by atoms with Crippen LogP contribution in [0.3, 0.4) is 0 Å². The summed E-state index contributed by atoms with van der Waals surface area (Å²) in [5.74, 6) is 0.676. The van der Waals surface area contributed by atoms with Crippen LogP contribution in [-0.2, 0) is 7.05 Å². The van der Waals surface area contributed by atoms with Crippen molar-refractivity contribution in [3.8, 4) is 0 Å². The van der Waals surface area contributed by atoms with Gasteiger partial charge in [-0.3, -0.25) is 10.2 Å². The topological polar surface area (TPSA) is 121 Å². The molecule has 5 N–H and O–H groups in total. The molecule has 1 aromatic heterocycles. The molecule has 0 fully saturated rings. The van der Waals surface area contributed by atoms with Gasteiger partial charge >= 0.3 is 0 Å². The number of amides is 1. The SMILES string of the molecule is C=CC.CC.CC.Cn1cnc2c1NC=NC2NC(=O)c1ccccc1.N=CN. The number of nitrogens with two attached hydrogens (primary N) is 1. The molecule has 1 aromatic carbocycles. The maximum atomic E-state index is 12.1. The van der Waals surface area contributed by atoms with E-state index in [1.54, 1.807) is 30.9 Å². The molecule has 1 amide bonds. The number of allylic oxidation sites excluding steroid dienone is 1. The summed E-state index contributed by atoms with van der Waals surface area (Å²) in [6, 6.07) is 9.05. The summed E-state index contributed by atoms with van der Waals surface area (Å²) < 4.78 is 1.85. The smallest absolute Gasteiger partial charge is 0.253 e. The van der Waals surface area contributed by atoms with E-state index in [1.165, 1.54) is 0 Å². The first-order chi connectivity index (χ1) is 14.1. The Morgan fingerprint density at radius 3 is 2.31 bits per heavy atom. The summed E-state index contributed by atoms with van der Waals surface area (Å²) in [5, 5.41) is 11.7. The van der Waals surface area contributed by atoms with Crippen molar-refractivity contribution in [3.63, 3.8) is 0 Å². The van der Waals surface area contributed by atoms with E-state index in [2.05, 4.69) is 32.9 Å². The molecule has 160 valence electrons. The number of rotatable bonds is 2. The minimum absolute atomic E-state index is 0.166. The fraction of sp³-hybridized carbons (Fsp3) is 0.333. The van der Waals surface area contributed by atoms with Crippen LogP contribution < -0.4 is 16.4 Å². The summed E-state index contributed by atoms with van der Waals surface area (Å²) in [6.45, 7) is 13.2. The fourth-order valence-corrected chi connectivity index (χ4v) is 1.97. The summed E-state index contributed by atoms with van der Waals surface area (Å²) in [7, 11) is 1.88. The van der Waals surface area contributed by atoms with E-state index in [1.807, 2.05) is 64.4 Å². The lowest BCUT2D eigenvalue weighted by Gasteiger charge is -2.18. The quantitative estimate of drug-likeness (QED) is 0.344. The van der Waals surface area contributed by atoms with Crippen molar-refractivity contribution in [1.82, 2.24) is 14.9 Å². The van der Waals surface area contributed by atoms with Gasteiger partial charge in [0, 0.05) is 12.6 Å². The highest BCUT2D eigenvalue weighted by atomic mass is 16.1. The van der Waals surface area contributed by atoms with Gasteiger partial charge in [-0.15, -0.1) is 6.58 Å². The number of carbonyl (C=O) groups is 1. The molecule has 1 atom stereocenters. The van der Waals surface area contributed by atoms with Crippen LogP contribution in [0.1, 0.15) is 56.8 Å². The zero-order valence-corrected chi connectivity index (χ0v) is 18.3. The zero-order chi connectivity index (χ0) is 22.7. The number of fused-ring (bicyclic) bond motifs is 1. The minimum Gasteiger partial charge on any atom is -0.390 e. The average molecular weight is 402 g/mol. The largest absolute Gasteiger partial charge is 0.390 e. The van der Waals surface area contributed by atoms with E-state index in [4.69, 9.17) is 5.41 Å². The highest BCUT2D eigenvalue weighted by molar-refractivity contribution is 5.94. The molecule has 0 saturated heterocycles. The molecule has 2 heterocycles. The zero-order valence-electron chi connectivity index (χ0n) is 18.3. The molecule has 1 unspecified atom stereocenters. The molecule has 29 heavy (non-hydrogen) atoms. The van der Waals surface area contributed by atoms with Gasteiger partial charge in [0.15, 0.2) is 6.17 Å². The molecule has 0 saturated carbocycles. The number of hydrogen-bond acceptors (Lipinski definition) is 5. The van der Waals surface area contributed by atoms with Crippen LogP contribution >= 0.6 is 0 Å². The average Bonchev–Trinajstić information content (AvgIpc) is 3.15. The van der Waals surface area contributed by atoms with Gasteiger partial charge in [0.25, 0.3) is 5.91 Å². The number of benzene rings is 1. The Balaban J connectivity index is 0. The number of hydrogen-bond donors (Lipinski definition) is 4. The van der Waals surface area contributed by atoms with Gasteiger partial charge in [-0.05, 0) is 19.1 Å². The monoisotopic (exact) mass is 401 g/mol. The van der Waals surface area contributed by atoms with Gasteiger partial charge in [-0.2, -0.15) is 0 Å². The molecular formula is C21H35N7O. The van der Waals surface area contributed by atoms with E-state index in [0.29, 0.717) is 11.3 Å². The lowest BCUT2D eigenvalue weighted by atomic mass is 10.2. The maximum absolute atomic E-state index is 12.1. The van der Waals surface area contributed by atoms with Gasteiger partial charge in [-0.25, -0.2) is 9.98 Å². The second kappa shape index (κ2) is 18.0. The highest BCUT2D eigenvalue weighted by Gasteiger charge is 2.23. The third-order valence-corrected chi connectivity index (χ3v) is 2.95. The molecule has 1 aliphatic rings. The fourth-order valence-electron chi connectivity index (χ4n) is 1.97. The van der Waals surface area contributed by atoms with Gasteiger partial charge in [0.05, 0.1) is 19.0 Å². The first-order valence-corrected chi connectivity index (χ1v) is 9.52. The number of aromatic nitrogens is 2. The van der Waals surface area contributed by atoms with Crippen LogP contribution in [0, 0.1) is 5.41 Å². The molecule has 2 aromatic rings. The van der Waals surface area contributed by atoms with Gasteiger partial charge in [0.1, 0.15) is 11.5 Å². The minimum atomic E-state index is -0.454. The number of nitrogens with zero attached hydrogens (tertiary/aromatic N) is 3. The molecule has 0 bridgehead atoms. The Hall–Kier alpha value is -3.42. The third-order valence-electron chi connectivity index (χ3n) is 2.95. The molecule has 8 nitrogen and oxygen atoms in total. The van der Waals surface area contributed by atoms with E-state index in [0.717, 1.165) is 12.2 Å². The van der Waals surface area contributed by atoms with Crippen molar-refractivity contribution >= 4 is 24.4 Å². The molecule has 0 aliphatic carbocycles.